The van der Waals surface area contributed by atoms with Crippen molar-refractivity contribution in [3.63, 3.8) is 0 Å². The Labute approximate surface area is 108 Å². The molecule has 0 amide bonds. The molecule has 0 aliphatic heterocycles. The molecule has 2 heterocycles. The smallest absolute Gasteiger partial charge is 0.303 e. The number of carbonyl (C=O) groups is 1. The van der Waals surface area contributed by atoms with Crippen molar-refractivity contribution in [1.29, 1.82) is 0 Å². The molecule has 0 radical (unpaired) electrons. The minimum absolute atomic E-state index is 0.164. The topological polar surface area (TPSA) is 88.2 Å². The lowest BCUT2D eigenvalue weighted by molar-refractivity contribution is -0.137. The summed E-state index contributed by atoms with van der Waals surface area (Å²) in [6, 6.07) is 3.86. The summed E-state index contributed by atoms with van der Waals surface area (Å²) in [5, 5.41) is 17.4. The summed E-state index contributed by atoms with van der Waals surface area (Å²) in [5.74, 6) is 0.315. The van der Waals surface area contributed by atoms with E-state index in [0.717, 1.165) is 4.88 Å². The number of carboxylic acids is 1. The van der Waals surface area contributed by atoms with Crippen molar-refractivity contribution in [3.05, 3.63) is 23.4 Å². The molecule has 0 fully saturated rings. The summed E-state index contributed by atoms with van der Waals surface area (Å²) in [5.41, 5.74) is 0. The first kappa shape index (κ1) is 12.7. The van der Waals surface area contributed by atoms with Gasteiger partial charge in [0.1, 0.15) is 0 Å². The van der Waals surface area contributed by atoms with Gasteiger partial charge in [-0.15, -0.1) is 11.3 Å². The second-order valence-corrected chi connectivity index (χ2v) is 4.61. The largest absolute Gasteiger partial charge is 0.481 e. The Morgan fingerprint density at radius 1 is 1.56 bits per heavy atom. The third kappa shape index (κ3) is 3.64. The molecule has 2 rings (SSSR count). The molecular formula is C11H13N3O3S. The molecule has 0 saturated carbocycles. The predicted molar refractivity (Wildman–Crippen MR) is 66.2 cm³/mol. The predicted octanol–water partition coefficient (Wildman–Crippen LogP) is 1.75. The van der Waals surface area contributed by atoms with Crippen LogP contribution >= 0.6 is 11.3 Å². The standard InChI is InChI=1S/C11H13N3O3S/c15-10(16)4-1-5-12-7-9-13-11(14-17-9)8-3-2-6-18-8/h2-3,6,12H,1,4-5,7H2,(H,15,16). The lowest BCUT2D eigenvalue weighted by atomic mass is 10.3. The van der Waals surface area contributed by atoms with Crippen LogP contribution in [0.15, 0.2) is 22.0 Å². The van der Waals surface area contributed by atoms with Gasteiger partial charge in [0.15, 0.2) is 0 Å². The van der Waals surface area contributed by atoms with Crippen molar-refractivity contribution >= 4 is 17.3 Å². The van der Waals surface area contributed by atoms with Crippen molar-refractivity contribution < 1.29 is 14.4 Å². The van der Waals surface area contributed by atoms with E-state index in [1.165, 1.54) is 0 Å². The minimum atomic E-state index is -0.783. The van der Waals surface area contributed by atoms with Gasteiger partial charge in [-0.2, -0.15) is 4.98 Å². The maximum absolute atomic E-state index is 10.3. The number of nitrogens with zero attached hydrogens (tertiary/aromatic N) is 2. The average molecular weight is 267 g/mol. The summed E-state index contributed by atoms with van der Waals surface area (Å²) >= 11 is 1.55. The lowest BCUT2D eigenvalue weighted by Crippen LogP contribution is -2.15. The van der Waals surface area contributed by atoms with E-state index in [1.54, 1.807) is 11.3 Å². The van der Waals surface area contributed by atoms with Crippen LogP contribution in [-0.4, -0.2) is 27.8 Å². The number of hydrogen-bond acceptors (Lipinski definition) is 6. The minimum Gasteiger partial charge on any atom is -0.481 e. The molecule has 0 aliphatic rings. The van der Waals surface area contributed by atoms with E-state index in [9.17, 15) is 4.79 Å². The Balaban J connectivity index is 1.76. The van der Waals surface area contributed by atoms with E-state index in [2.05, 4.69) is 15.5 Å². The van der Waals surface area contributed by atoms with Crippen LogP contribution < -0.4 is 5.32 Å². The van der Waals surface area contributed by atoms with E-state index in [4.69, 9.17) is 9.63 Å². The number of rotatable bonds is 7. The molecule has 2 aromatic rings. The van der Waals surface area contributed by atoms with E-state index < -0.39 is 5.97 Å². The van der Waals surface area contributed by atoms with Crippen molar-refractivity contribution in [3.8, 4) is 10.7 Å². The monoisotopic (exact) mass is 267 g/mol. The molecule has 0 unspecified atom stereocenters. The van der Waals surface area contributed by atoms with E-state index in [0.29, 0.717) is 31.2 Å². The van der Waals surface area contributed by atoms with Gasteiger partial charge < -0.3 is 14.9 Å². The number of aromatic nitrogens is 2. The van der Waals surface area contributed by atoms with Gasteiger partial charge in [0, 0.05) is 6.42 Å². The van der Waals surface area contributed by atoms with Crippen molar-refractivity contribution in [2.45, 2.75) is 19.4 Å². The van der Waals surface area contributed by atoms with Crippen LogP contribution in [0.4, 0.5) is 0 Å². The Hall–Kier alpha value is -1.73. The Morgan fingerprint density at radius 3 is 3.17 bits per heavy atom. The van der Waals surface area contributed by atoms with Gasteiger partial charge in [-0.25, -0.2) is 0 Å². The molecular weight excluding hydrogens is 254 g/mol. The Bertz CT molecular complexity index is 495. The van der Waals surface area contributed by atoms with Gasteiger partial charge in [0.05, 0.1) is 11.4 Å². The fourth-order valence-electron chi connectivity index (χ4n) is 1.39. The van der Waals surface area contributed by atoms with Gasteiger partial charge in [-0.05, 0) is 24.4 Å². The highest BCUT2D eigenvalue weighted by atomic mass is 32.1. The molecule has 96 valence electrons. The number of thiophene rings is 1. The maximum atomic E-state index is 10.3. The van der Waals surface area contributed by atoms with Crippen LogP contribution in [0.5, 0.6) is 0 Å². The van der Waals surface area contributed by atoms with Crippen molar-refractivity contribution in [2.24, 2.45) is 0 Å². The van der Waals surface area contributed by atoms with Gasteiger partial charge in [-0.1, -0.05) is 11.2 Å². The summed E-state index contributed by atoms with van der Waals surface area (Å²) in [7, 11) is 0. The lowest BCUT2D eigenvalue weighted by Gasteiger charge is -1.98. The van der Waals surface area contributed by atoms with Crippen LogP contribution in [0.2, 0.25) is 0 Å². The first-order chi connectivity index (χ1) is 8.75. The second-order valence-electron chi connectivity index (χ2n) is 3.66. The summed E-state index contributed by atoms with van der Waals surface area (Å²) in [4.78, 5) is 15.5. The third-order valence-electron chi connectivity index (χ3n) is 2.23. The highest BCUT2D eigenvalue weighted by Gasteiger charge is 2.08. The number of nitrogens with one attached hydrogen (secondary N) is 1. The molecule has 0 aliphatic carbocycles. The first-order valence-corrected chi connectivity index (χ1v) is 6.42. The van der Waals surface area contributed by atoms with Crippen molar-refractivity contribution in [1.82, 2.24) is 15.5 Å². The van der Waals surface area contributed by atoms with Crippen LogP contribution in [0.1, 0.15) is 18.7 Å². The molecule has 6 nitrogen and oxygen atoms in total. The zero-order chi connectivity index (χ0) is 12.8. The Kier molecular flexibility index (Phi) is 4.43. The highest BCUT2D eigenvalue weighted by molar-refractivity contribution is 7.13. The van der Waals surface area contributed by atoms with Gasteiger partial charge >= 0.3 is 5.97 Å². The van der Waals surface area contributed by atoms with Crippen LogP contribution in [0, 0.1) is 0 Å². The maximum Gasteiger partial charge on any atom is 0.303 e. The van der Waals surface area contributed by atoms with Crippen LogP contribution in [-0.2, 0) is 11.3 Å². The average Bonchev–Trinajstić information content (AvgIpc) is 2.98. The van der Waals surface area contributed by atoms with Crippen LogP contribution in [0.25, 0.3) is 10.7 Å². The zero-order valence-electron chi connectivity index (χ0n) is 9.63. The fraction of sp³-hybridized carbons (Fsp3) is 0.364. The SMILES string of the molecule is O=C(O)CCCNCc1nc(-c2cccs2)no1. The number of carboxylic acid groups (broad SMARTS) is 1. The molecule has 18 heavy (non-hydrogen) atoms. The Morgan fingerprint density at radius 2 is 2.44 bits per heavy atom. The van der Waals surface area contributed by atoms with Gasteiger partial charge in [0.25, 0.3) is 0 Å². The quantitative estimate of drug-likeness (QED) is 0.743. The highest BCUT2D eigenvalue weighted by Crippen LogP contribution is 2.20. The molecule has 2 N–H and O–H groups in total. The third-order valence-corrected chi connectivity index (χ3v) is 3.10. The molecule has 0 atom stereocenters. The number of aliphatic carboxylic acids is 1. The molecule has 0 saturated heterocycles. The fourth-order valence-corrected chi connectivity index (χ4v) is 2.04. The summed E-state index contributed by atoms with van der Waals surface area (Å²) < 4.78 is 5.08. The molecule has 2 aromatic heterocycles. The van der Waals surface area contributed by atoms with E-state index in [1.807, 2.05) is 17.5 Å². The summed E-state index contributed by atoms with van der Waals surface area (Å²) in [6.07, 6.45) is 0.749. The molecule has 0 spiro atoms. The van der Waals surface area contributed by atoms with Gasteiger partial charge in [-0.3, -0.25) is 4.79 Å². The van der Waals surface area contributed by atoms with Crippen molar-refractivity contribution in [2.75, 3.05) is 6.54 Å². The van der Waals surface area contributed by atoms with Gasteiger partial charge in [0.2, 0.25) is 11.7 Å². The van der Waals surface area contributed by atoms with E-state index in [-0.39, 0.29) is 6.42 Å². The number of hydrogen-bond donors (Lipinski definition) is 2. The van der Waals surface area contributed by atoms with E-state index >= 15 is 0 Å². The normalized spacial score (nSPS) is 10.7. The molecule has 0 aromatic carbocycles. The second kappa shape index (κ2) is 6.27. The first-order valence-electron chi connectivity index (χ1n) is 5.54. The van der Waals surface area contributed by atoms with Crippen LogP contribution in [0.3, 0.4) is 0 Å². The zero-order valence-corrected chi connectivity index (χ0v) is 10.4. The summed E-state index contributed by atoms with van der Waals surface area (Å²) in [6.45, 7) is 1.07. The molecule has 7 heteroatoms. The molecule has 0 bridgehead atoms.